The van der Waals surface area contributed by atoms with Crippen molar-refractivity contribution in [1.29, 1.82) is 0 Å². The van der Waals surface area contributed by atoms with Gasteiger partial charge >= 0.3 is 6.18 Å². The Bertz CT molecular complexity index is 547. The van der Waals surface area contributed by atoms with Crippen LogP contribution in [0.3, 0.4) is 0 Å². The highest BCUT2D eigenvalue weighted by Gasteiger charge is 2.35. The van der Waals surface area contributed by atoms with Gasteiger partial charge in [-0.1, -0.05) is 39.8 Å². The fourth-order valence-corrected chi connectivity index (χ4v) is 3.18. The molecule has 5 heteroatoms. The van der Waals surface area contributed by atoms with Crippen molar-refractivity contribution in [3.05, 3.63) is 34.9 Å². The van der Waals surface area contributed by atoms with E-state index in [0.717, 1.165) is 44.7 Å². The smallest absolute Gasteiger partial charge is 0.302 e. The Hall–Kier alpha value is -1.07. The van der Waals surface area contributed by atoms with Gasteiger partial charge in [0.15, 0.2) is 0 Å². The Morgan fingerprint density at radius 1 is 0.958 bits per heavy atom. The summed E-state index contributed by atoms with van der Waals surface area (Å²) in [5, 5.41) is 0. The van der Waals surface area contributed by atoms with E-state index in [0.29, 0.717) is 12.1 Å². The molecule has 2 rings (SSSR count). The minimum Gasteiger partial charge on any atom is -0.302 e. The second-order valence-electron chi connectivity index (χ2n) is 7.68. The first-order valence-corrected chi connectivity index (χ1v) is 8.76. The summed E-state index contributed by atoms with van der Waals surface area (Å²) in [6.45, 7) is 13.0. The highest BCUT2D eigenvalue weighted by atomic mass is 19.4. The first-order chi connectivity index (χ1) is 11.1. The van der Waals surface area contributed by atoms with Gasteiger partial charge in [-0.3, -0.25) is 4.90 Å². The highest BCUT2D eigenvalue weighted by molar-refractivity contribution is 5.37. The normalized spacial score (nSPS) is 18.6. The lowest BCUT2D eigenvalue weighted by Crippen LogP contribution is -2.31. The first kappa shape index (κ1) is 19.3. The zero-order chi connectivity index (χ0) is 18.0. The summed E-state index contributed by atoms with van der Waals surface area (Å²) in [5.74, 6) is 0. The van der Waals surface area contributed by atoms with Gasteiger partial charge in [0, 0.05) is 19.6 Å². The van der Waals surface area contributed by atoms with Crippen LogP contribution in [0.1, 0.15) is 50.8 Å². The van der Waals surface area contributed by atoms with Crippen molar-refractivity contribution in [2.75, 3.05) is 32.7 Å². The Kier molecular flexibility index (Phi) is 5.97. The van der Waals surface area contributed by atoms with E-state index in [-0.39, 0.29) is 5.41 Å². The quantitative estimate of drug-likeness (QED) is 0.796. The van der Waals surface area contributed by atoms with Gasteiger partial charge in [-0.15, -0.1) is 0 Å². The number of rotatable bonds is 3. The molecule has 1 fully saturated rings. The van der Waals surface area contributed by atoms with E-state index in [2.05, 4.69) is 16.7 Å². The topological polar surface area (TPSA) is 6.48 Å². The third-order valence-corrected chi connectivity index (χ3v) is 4.80. The molecule has 24 heavy (non-hydrogen) atoms. The maximum absolute atomic E-state index is 13.5. The molecule has 0 aromatic heterocycles. The number of likely N-dealkylation sites (N-methyl/N-ethyl adjacent to an activating group) is 1. The van der Waals surface area contributed by atoms with Gasteiger partial charge in [-0.2, -0.15) is 13.2 Å². The third-order valence-electron chi connectivity index (χ3n) is 4.80. The van der Waals surface area contributed by atoms with E-state index in [1.165, 1.54) is 6.07 Å². The fraction of sp³-hybridized carbons (Fsp3) is 0.684. The molecule has 0 bridgehead atoms. The molecule has 0 unspecified atom stereocenters. The summed E-state index contributed by atoms with van der Waals surface area (Å²) in [5.41, 5.74) is 0.349. The summed E-state index contributed by atoms with van der Waals surface area (Å²) in [6, 6.07) is 4.86. The van der Waals surface area contributed by atoms with E-state index in [4.69, 9.17) is 0 Å². The van der Waals surface area contributed by atoms with Gasteiger partial charge in [0.2, 0.25) is 0 Å². The third kappa shape index (κ3) is 4.96. The monoisotopic (exact) mass is 342 g/mol. The lowest BCUT2D eigenvalue weighted by Gasteiger charge is -2.25. The number of hydrogen-bond acceptors (Lipinski definition) is 2. The van der Waals surface area contributed by atoms with Crippen LogP contribution in [0.5, 0.6) is 0 Å². The molecule has 1 aliphatic heterocycles. The maximum atomic E-state index is 13.5. The summed E-state index contributed by atoms with van der Waals surface area (Å²) in [7, 11) is 0. The molecule has 1 aliphatic rings. The minimum absolute atomic E-state index is 0.289. The molecule has 1 aromatic rings. The number of alkyl halides is 3. The lowest BCUT2D eigenvalue weighted by molar-refractivity contribution is -0.138. The molecular weight excluding hydrogens is 313 g/mol. The average Bonchev–Trinajstić information content (AvgIpc) is 2.70. The van der Waals surface area contributed by atoms with Crippen molar-refractivity contribution in [2.45, 2.75) is 52.3 Å². The van der Waals surface area contributed by atoms with E-state index in [9.17, 15) is 13.2 Å². The summed E-state index contributed by atoms with van der Waals surface area (Å²) < 4.78 is 40.6. The summed E-state index contributed by atoms with van der Waals surface area (Å²) in [6.07, 6.45) is -3.30. The molecule has 0 aliphatic carbocycles. The van der Waals surface area contributed by atoms with Crippen LogP contribution in [-0.2, 0) is 18.1 Å². The SMILES string of the molecule is CCN1CCCN(Cc2ccc(C(C)(C)C)cc2C(F)(F)F)CC1. The lowest BCUT2D eigenvalue weighted by atomic mass is 9.85. The number of halogens is 3. The van der Waals surface area contributed by atoms with Crippen LogP contribution in [0.15, 0.2) is 18.2 Å². The number of nitrogens with zero attached hydrogens (tertiary/aromatic N) is 2. The first-order valence-electron chi connectivity index (χ1n) is 8.76. The van der Waals surface area contributed by atoms with Gasteiger partial charge in [0.05, 0.1) is 5.56 Å². The van der Waals surface area contributed by atoms with E-state index in [1.807, 2.05) is 26.8 Å². The number of benzene rings is 1. The molecule has 1 saturated heterocycles. The standard InChI is InChI=1S/C19H29F3N2/c1-5-23-9-6-10-24(12-11-23)14-15-7-8-16(18(2,3)4)13-17(15)19(20,21)22/h7-8,13H,5-6,9-12,14H2,1-4H3. The molecule has 0 N–H and O–H groups in total. The highest BCUT2D eigenvalue weighted by Crippen LogP contribution is 2.36. The van der Waals surface area contributed by atoms with Crippen molar-refractivity contribution in [1.82, 2.24) is 9.80 Å². The van der Waals surface area contributed by atoms with Crippen molar-refractivity contribution < 1.29 is 13.2 Å². The van der Waals surface area contributed by atoms with Crippen molar-refractivity contribution >= 4 is 0 Å². The second kappa shape index (κ2) is 7.44. The Morgan fingerprint density at radius 2 is 1.58 bits per heavy atom. The molecule has 0 radical (unpaired) electrons. The summed E-state index contributed by atoms with van der Waals surface area (Å²) >= 11 is 0. The molecule has 1 aromatic carbocycles. The van der Waals surface area contributed by atoms with Crippen LogP contribution in [0, 0.1) is 0 Å². The van der Waals surface area contributed by atoms with Crippen LogP contribution in [0.2, 0.25) is 0 Å². The van der Waals surface area contributed by atoms with Crippen LogP contribution in [-0.4, -0.2) is 42.5 Å². The molecular formula is C19H29F3N2. The van der Waals surface area contributed by atoms with Gasteiger partial charge in [0.25, 0.3) is 0 Å². The van der Waals surface area contributed by atoms with E-state index in [1.54, 1.807) is 6.07 Å². The zero-order valence-corrected chi connectivity index (χ0v) is 15.2. The molecule has 0 amide bonds. The molecule has 0 saturated carbocycles. The molecule has 1 heterocycles. The van der Waals surface area contributed by atoms with Crippen LogP contribution < -0.4 is 0 Å². The molecule has 0 spiro atoms. The molecule has 136 valence electrons. The van der Waals surface area contributed by atoms with Crippen LogP contribution in [0.25, 0.3) is 0 Å². The van der Waals surface area contributed by atoms with Gasteiger partial charge in [-0.05, 0) is 48.7 Å². The Balaban J connectivity index is 2.23. The summed E-state index contributed by atoms with van der Waals surface area (Å²) in [4.78, 5) is 4.50. The van der Waals surface area contributed by atoms with Crippen molar-refractivity contribution in [3.63, 3.8) is 0 Å². The Labute approximate surface area is 143 Å². The van der Waals surface area contributed by atoms with E-state index < -0.39 is 11.7 Å². The van der Waals surface area contributed by atoms with Gasteiger partial charge in [-0.25, -0.2) is 0 Å². The van der Waals surface area contributed by atoms with E-state index >= 15 is 0 Å². The fourth-order valence-electron chi connectivity index (χ4n) is 3.18. The Morgan fingerprint density at radius 3 is 2.17 bits per heavy atom. The van der Waals surface area contributed by atoms with Crippen molar-refractivity contribution in [3.8, 4) is 0 Å². The predicted molar refractivity (Wildman–Crippen MR) is 92.2 cm³/mol. The maximum Gasteiger partial charge on any atom is 0.416 e. The van der Waals surface area contributed by atoms with Crippen LogP contribution in [0.4, 0.5) is 13.2 Å². The molecule has 2 nitrogen and oxygen atoms in total. The van der Waals surface area contributed by atoms with Gasteiger partial charge in [0.1, 0.15) is 0 Å². The van der Waals surface area contributed by atoms with Crippen molar-refractivity contribution in [2.24, 2.45) is 0 Å². The second-order valence-corrected chi connectivity index (χ2v) is 7.68. The average molecular weight is 342 g/mol. The largest absolute Gasteiger partial charge is 0.416 e. The molecule has 0 atom stereocenters. The minimum atomic E-state index is -4.31. The zero-order valence-electron chi connectivity index (χ0n) is 15.2. The van der Waals surface area contributed by atoms with Crippen LogP contribution >= 0.6 is 0 Å². The predicted octanol–water partition coefficient (Wildman–Crippen LogP) is 4.53. The number of hydrogen-bond donors (Lipinski definition) is 0. The van der Waals surface area contributed by atoms with Gasteiger partial charge < -0.3 is 4.90 Å².